The van der Waals surface area contributed by atoms with E-state index in [4.69, 9.17) is 0 Å². The van der Waals surface area contributed by atoms with Crippen molar-refractivity contribution in [3.63, 3.8) is 0 Å². The van der Waals surface area contributed by atoms with E-state index in [1.54, 1.807) is 42.1 Å². The van der Waals surface area contributed by atoms with Gasteiger partial charge in [-0.3, -0.25) is 14.5 Å². The van der Waals surface area contributed by atoms with Gasteiger partial charge in [0, 0.05) is 18.3 Å². The Morgan fingerprint density at radius 3 is 2.43 bits per heavy atom. The van der Waals surface area contributed by atoms with E-state index in [2.05, 4.69) is 15.7 Å². The fraction of sp³-hybridized carbons (Fsp3) is 0.182. The normalized spacial score (nSPS) is 18.4. The highest BCUT2D eigenvalue weighted by molar-refractivity contribution is 6.09. The number of nitrogens with zero attached hydrogens (tertiary/aromatic N) is 3. The predicted molar refractivity (Wildman–Crippen MR) is 109 cm³/mol. The zero-order valence-electron chi connectivity index (χ0n) is 16.4. The highest BCUT2D eigenvalue weighted by Crippen LogP contribution is 2.28. The van der Waals surface area contributed by atoms with E-state index in [1.165, 1.54) is 0 Å². The molecular weight excluding hydrogens is 382 g/mol. The third-order valence-corrected chi connectivity index (χ3v) is 5.07. The minimum atomic E-state index is -1.19. The van der Waals surface area contributed by atoms with Crippen molar-refractivity contribution in [1.29, 1.82) is 0 Å². The Hall–Kier alpha value is -3.94. The van der Waals surface area contributed by atoms with Crippen LogP contribution < -0.4 is 10.6 Å². The van der Waals surface area contributed by atoms with Crippen molar-refractivity contribution in [3.05, 3.63) is 84.2 Å². The molecule has 1 unspecified atom stereocenters. The Kier molecular flexibility index (Phi) is 5.05. The highest BCUT2D eigenvalue weighted by Gasteiger charge is 2.49. The molecule has 1 saturated heterocycles. The number of hydrogen-bond donors (Lipinski definition) is 2. The number of nitrogens with one attached hydrogen (secondary N) is 2. The van der Waals surface area contributed by atoms with Crippen molar-refractivity contribution in [2.45, 2.75) is 19.0 Å². The first-order chi connectivity index (χ1) is 14.5. The van der Waals surface area contributed by atoms with Gasteiger partial charge in [0.2, 0.25) is 5.91 Å². The van der Waals surface area contributed by atoms with Crippen molar-refractivity contribution in [1.82, 2.24) is 25.3 Å². The number of benzene rings is 2. The van der Waals surface area contributed by atoms with Gasteiger partial charge in [-0.2, -0.15) is 5.10 Å². The van der Waals surface area contributed by atoms with Crippen molar-refractivity contribution in [3.8, 4) is 5.69 Å². The number of rotatable bonds is 6. The van der Waals surface area contributed by atoms with Crippen molar-refractivity contribution in [2.24, 2.45) is 0 Å². The van der Waals surface area contributed by atoms with Crippen LogP contribution in [-0.2, 0) is 21.7 Å². The van der Waals surface area contributed by atoms with E-state index in [0.717, 1.165) is 16.2 Å². The highest BCUT2D eigenvalue weighted by atomic mass is 16.2. The number of carbonyl (C=O) groups excluding carboxylic acids is 3. The molecule has 0 saturated carbocycles. The molecule has 1 aromatic heterocycles. The number of hydrogen-bond acceptors (Lipinski definition) is 4. The monoisotopic (exact) mass is 403 g/mol. The lowest BCUT2D eigenvalue weighted by Gasteiger charge is -2.22. The fourth-order valence-corrected chi connectivity index (χ4v) is 3.38. The molecule has 4 amide bonds. The second kappa shape index (κ2) is 7.82. The molecular formula is C22H21N5O3. The van der Waals surface area contributed by atoms with Gasteiger partial charge in [-0.25, -0.2) is 9.48 Å². The first-order valence-electron chi connectivity index (χ1n) is 9.53. The van der Waals surface area contributed by atoms with E-state index in [1.807, 2.05) is 42.6 Å². The number of aromatic nitrogens is 2. The molecule has 1 atom stereocenters. The summed E-state index contributed by atoms with van der Waals surface area (Å²) in [6, 6.07) is 18.0. The van der Waals surface area contributed by atoms with Crippen LogP contribution in [0.25, 0.3) is 5.69 Å². The first kappa shape index (κ1) is 19.4. The van der Waals surface area contributed by atoms with Gasteiger partial charge in [-0.15, -0.1) is 0 Å². The number of imide groups is 1. The number of urea groups is 1. The van der Waals surface area contributed by atoms with E-state index >= 15 is 0 Å². The fourth-order valence-electron chi connectivity index (χ4n) is 3.38. The molecule has 2 heterocycles. The van der Waals surface area contributed by atoms with Crippen molar-refractivity contribution >= 4 is 17.8 Å². The zero-order chi connectivity index (χ0) is 21.1. The molecule has 152 valence electrons. The third kappa shape index (κ3) is 3.67. The number of amides is 4. The quantitative estimate of drug-likeness (QED) is 0.615. The van der Waals surface area contributed by atoms with Gasteiger partial charge in [0.15, 0.2) is 0 Å². The largest absolute Gasteiger partial charge is 0.350 e. The molecule has 4 rings (SSSR count). The van der Waals surface area contributed by atoms with E-state index in [-0.39, 0.29) is 13.1 Å². The minimum absolute atomic E-state index is 0.241. The molecule has 0 spiro atoms. The van der Waals surface area contributed by atoms with Crippen LogP contribution in [0.5, 0.6) is 0 Å². The standard InChI is InChI=1S/C22H21N5O3/c1-22(17-8-4-2-5-9-17)20(29)26(21(30)25-22)15-19(28)23-12-16-13-24-27(14-16)18-10-6-3-7-11-18/h2-11,13-14H,12,15H2,1H3,(H,23,28)(H,25,30). The molecule has 8 nitrogen and oxygen atoms in total. The van der Waals surface area contributed by atoms with Crippen LogP contribution in [0.2, 0.25) is 0 Å². The van der Waals surface area contributed by atoms with Gasteiger partial charge in [0.25, 0.3) is 5.91 Å². The summed E-state index contributed by atoms with van der Waals surface area (Å²) in [6.45, 7) is 1.53. The second-order valence-electron chi connectivity index (χ2n) is 7.22. The summed E-state index contributed by atoms with van der Waals surface area (Å²) in [5.74, 6) is -0.881. The molecule has 0 aliphatic carbocycles. The maximum Gasteiger partial charge on any atom is 0.325 e. The Labute approximate surface area is 173 Å². The van der Waals surface area contributed by atoms with E-state index in [9.17, 15) is 14.4 Å². The maximum atomic E-state index is 12.9. The van der Waals surface area contributed by atoms with Gasteiger partial charge in [-0.1, -0.05) is 48.5 Å². The minimum Gasteiger partial charge on any atom is -0.350 e. The summed E-state index contributed by atoms with van der Waals surface area (Å²) in [7, 11) is 0. The summed E-state index contributed by atoms with van der Waals surface area (Å²) in [6.07, 6.45) is 3.48. The van der Waals surface area contributed by atoms with Crippen LogP contribution in [0.3, 0.4) is 0 Å². The van der Waals surface area contributed by atoms with Crippen LogP contribution in [-0.4, -0.2) is 39.1 Å². The van der Waals surface area contributed by atoms with Crippen LogP contribution in [0.4, 0.5) is 4.79 Å². The smallest absolute Gasteiger partial charge is 0.325 e. The van der Waals surface area contributed by atoms with Gasteiger partial charge >= 0.3 is 6.03 Å². The summed E-state index contributed by atoms with van der Waals surface area (Å²) in [5, 5.41) is 9.70. The van der Waals surface area contributed by atoms with Crippen molar-refractivity contribution < 1.29 is 14.4 Å². The lowest BCUT2D eigenvalue weighted by Crippen LogP contribution is -2.43. The summed E-state index contributed by atoms with van der Waals surface area (Å²) in [4.78, 5) is 38.5. The second-order valence-corrected chi connectivity index (χ2v) is 7.22. The maximum absolute atomic E-state index is 12.9. The zero-order valence-corrected chi connectivity index (χ0v) is 16.4. The Morgan fingerprint density at radius 2 is 1.73 bits per heavy atom. The van der Waals surface area contributed by atoms with Crippen molar-refractivity contribution in [2.75, 3.05) is 6.54 Å². The van der Waals surface area contributed by atoms with Gasteiger partial charge < -0.3 is 10.6 Å². The van der Waals surface area contributed by atoms with Crippen LogP contribution in [0, 0.1) is 0 Å². The Morgan fingerprint density at radius 1 is 1.07 bits per heavy atom. The third-order valence-electron chi connectivity index (χ3n) is 5.07. The number of para-hydroxylation sites is 1. The topological polar surface area (TPSA) is 96.3 Å². The summed E-state index contributed by atoms with van der Waals surface area (Å²) < 4.78 is 1.71. The molecule has 0 bridgehead atoms. The molecule has 1 aliphatic heterocycles. The average molecular weight is 403 g/mol. The summed E-state index contributed by atoms with van der Waals surface area (Å²) in [5.41, 5.74) is 1.20. The van der Waals surface area contributed by atoms with Gasteiger partial charge in [0.05, 0.1) is 11.9 Å². The molecule has 30 heavy (non-hydrogen) atoms. The first-order valence-corrected chi connectivity index (χ1v) is 9.53. The van der Waals surface area contributed by atoms with Crippen LogP contribution >= 0.6 is 0 Å². The Balaban J connectivity index is 1.37. The molecule has 2 N–H and O–H groups in total. The van der Waals surface area contributed by atoms with Crippen LogP contribution in [0.1, 0.15) is 18.1 Å². The molecule has 3 aromatic rings. The van der Waals surface area contributed by atoms with E-state index < -0.39 is 23.4 Å². The van der Waals surface area contributed by atoms with Gasteiger partial charge in [-0.05, 0) is 24.6 Å². The number of carbonyl (C=O) groups is 3. The average Bonchev–Trinajstić information content (AvgIpc) is 3.33. The van der Waals surface area contributed by atoms with Gasteiger partial charge in [0.1, 0.15) is 12.1 Å². The Bertz CT molecular complexity index is 1080. The lowest BCUT2D eigenvalue weighted by molar-refractivity contribution is -0.134. The summed E-state index contributed by atoms with van der Waals surface area (Å²) >= 11 is 0. The molecule has 0 radical (unpaired) electrons. The molecule has 8 heteroatoms. The van der Waals surface area contributed by atoms with E-state index in [0.29, 0.717) is 5.56 Å². The predicted octanol–water partition coefficient (Wildman–Crippen LogP) is 1.96. The van der Waals surface area contributed by atoms with Crippen LogP contribution in [0.15, 0.2) is 73.1 Å². The lowest BCUT2D eigenvalue weighted by atomic mass is 9.92. The molecule has 1 aliphatic rings. The SMILES string of the molecule is CC1(c2ccccc2)NC(=O)N(CC(=O)NCc2cnn(-c3ccccc3)c2)C1=O. The molecule has 1 fully saturated rings. The molecule has 2 aromatic carbocycles.